The lowest BCUT2D eigenvalue weighted by Crippen LogP contribution is -2.36. The van der Waals surface area contributed by atoms with Gasteiger partial charge in [0.25, 0.3) is 23.6 Å². The molecule has 8 nitrogen and oxygen atoms in total. The molecule has 0 atom stereocenters. The van der Waals surface area contributed by atoms with Crippen molar-refractivity contribution in [3.63, 3.8) is 0 Å². The molecule has 28 heavy (non-hydrogen) atoms. The molecule has 4 amide bonds. The highest BCUT2D eigenvalue weighted by Crippen LogP contribution is 2.25. The van der Waals surface area contributed by atoms with Crippen LogP contribution in [0.5, 0.6) is 0 Å². The third kappa shape index (κ3) is 3.75. The van der Waals surface area contributed by atoms with E-state index in [2.05, 4.69) is 15.6 Å². The molecule has 1 aliphatic heterocycles. The van der Waals surface area contributed by atoms with Crippen LogP contribution in [0.1, 0.15) is 55.4 Å². The normalized spacial score (nSPS) is 12.9. The average Bonchev–Trinajstić information content (AvgIpc) is 2.95. The number of carbonyl (C=O) groups is 4. The van der Waals surface area contributed by atoms with Gasteiger partial charge >= 0.3 is 0 Å². The Bertz CT molecular complexity index is 940. The van der Waals surface area contributed by atoms with E-state index in [0.29, 0.717) is 11.3 Å². The molecule has 1 aliphatic rings. The molecular weight excluding hydrogens is 360 g/mol. The van der Waals surface area contributed by atoms with Gasteiger partial charge in [-0.2, -0.15) is 0 Å². The molecule has 8 heteroatoms. The standard InChI is InChI=1S/C20H20N4O4/c1-12(2)24-19(27)14-7-6-13(11-15(14)20(24)28)17(25)22-9-10-23-18(26)16-5-3-4-8-21-16/h3-8,11-12H,9-10H2,1-2H3,(H,22,25)(H,23,26). The highest BCUT2D eigenvalue weighted by atomic mass is 16.2. The summed E-state index contributed by atoms with van der Waals surface area (Å²) in [6.07, 6.45) is 1.52. The second-order valence-electron chi connectivity index (χ2n) is 6.56. The number of hydrogen-bond donors (Lipinski definition) is 2. The van der Waals surface area contributed by atoms with Gasteiger partial charge in [0.15, 0.2) is 0 Å². The number of benzene rings is 1. The lowest BCUT2D eigenvalue weighted by Gasteiger charge is -2.17. The van der Waals surface area contributed by atoms with Crippen molar-refractivity contribution in [1.29, 1.82) is 0 Å². The molecule has 0 bridgehead atoms. The molecule has 1 aromatic carbocycles. The molecule has 1 aromatic heterocycles. The van der Waals surface area contributed by atoms with E-state index in [9.17, 15) is 19.2 Å². The third-order valence-corrected chi connectivity index (χ3v) is 4.29. The fourth-order valence-electron chi connectivity index (χ4n) is 2.91. The van der Waals surface area contributed by atoms with Crippen molar-refractivity contribution in [2.45, 2.75) is 19.9 Å². The molecule has 144 valence electrons. The lowest BCUT2D eigenvalue weighted by molar-refractivity contribution is 0.0608. The summed E-state index contributed by atoms with van der Waals surface area (Å²) in [6, 6.07) is 9.20. The zero-order valence-electron chi connectivity index (χ0n) is 15.6. The van der Waals surface area contributed by atoms with Gasteiger partial charge in [0.2, 0.25) is 0 Å². The maximum absolute atomic E-state index is 12.4. The summed E-state index contributed by atoms with van der Waals surface area (Å²) < 4.78 is 0. The molecule has 0 saturated heterocycles. The number of nitrogens with one attached hydrogen (secondary N) is 2. The average molecular weight is 380 g/mol. The Balaban J connectivity index is 1.57. The monoisotopic (exact) mass is 380 g/mol. The number of hydrogen-bond acceptors (Lipinski definition) is 5. The lowest BCUT2D eigenvalue weighted by atomic mass is 10.1. The molecular formula is C20H20N4O4. The summed E-state index contributed by atoms with van der Waals surface area (Å²) in [7, 11) is 0. The van der Waals surface area contributed by atoms with Gasteiger partial charge < -0.3 is 10.6 Å². The van der Waals surface area contributed by atoms with Gasteiger partial charge in [0, 0.05) is 30.9 Å². The zero-order chi connectivity index (χ0) is 20.3. The van der Waals surface area contributed by atoms with Crippen LogP contribution in [0.4, 0.5) is 0 Å². The minimum atomic E-state index is -0.396. The van der Waals surface area contributed by atoms with E-state index in [1.54, 1.807) is 32.0 Å². The Hall–Kier alpha value is -3.55. The van der Waals surface area contributed by atoms with Gasteiger partial charge in [0.05, 0.1) is 11.1 Å². The first kappa shape index (κ1) is 19.2. The number of carbonyl (C=O) groups excluding carboxylic acids is 4. The van der Waals surface area contributed by atoms with Crippen molar-refractivity contribution in [3.8, 4) is 0 Å². The molecule has 0 fully saturated rings. The Kier molecular flexibility index (Phi) is 5.49. The van der Waals surface area contributed by atoms with Gasteiger partial charge in [0.1, 0.15) is 5.69 Å². The smallest absolute Gasteiger partial charge is 0.269 e. The maximum atomic E-state index is 12.4. The van der Waals surface area contributed by atoms with Gasteiger partial charge in [-0.1, -0.05) is 6.07 Å². The van der Waals surface area contributed by atoms with Crippen LogP contribution in [-0.4, -0.2) is 52.6 Å². The Labute approximate surface area is 161 Å². The summed E-state index contributed by atoms with van der Waals surface area (Å²) in [4.78, 5) is 54.0. The Morgan fingerprint density at radius 1 is 0.964 bits per heavy atom. The van der Waals surface area contributed by atoms with E-state index in [4.69, 9.17) is 0 Å². The fraction of sp³-hybridized carbons (Fsp3) is 0.250. The van der Waals surface area contributed by atoms with Crippen LogP contribution >= 0.6 is 0 Å². The topological polar surface area (TPSA) is 108 Å². The highest BCUT2D eigenvalue weighted by molar-refractivity contribution is 6.22. The second-order valence-corrected chi connectivity index (χ2v) is 6.56. The summed E-state index contributed by atoms with van der Waals surface area (Å²) >= 11 is 0. The van der Waals surface area contributed by atoms with Crippen LogP contribution in [0.2, 0.25) is 0 Å². The summed E-state index contributed by atoms with van der Waals surface area (Å²) in [5, 5.41) is 5.33. The van der Waals surface area contributed by atoms with Crippen molar-refractivity contribution < 1.29 is 19.2 Å². The van der Waals surface area contributed by atoms with Crippen molar-refractivity contribution in [3.05, 3.63) is 65.0 Å². The number of aromatic nitrogens is 1. The first-order valence-corrected chi connectivity index (χ1v) is 8.89. The second kappa shape index (κ2) is 7.99. The Morgan fingerprint density at radius 2 is 1.64 bits per heavy atom. The summed E-state index contributed by atoms with van der Waals surface area (Å²) in [5.74, 6) is -1.46. The number of imide groups is 1. The summed E-state index contributed by atoms with van der Waals surface area (Å²) in [5.41, 5.74) is 1.11. The first-order chi connectivity index (χ1) is 13.4. The maximum Gasteiger partial charge on any atom is 0.269 e. The van der Waals surface area contributed by atoms with Gasteiger partial charge in [-0.3, -0.25) is 29.1 Å². The molecule has 2 aromatic rings. The minimum Gasteiger partial charge on any atom is -0.350 e. The van der Waals surface area contributed by atoms with Crippen LogP contribution in [-0.2, 0) is 0 Å². The predicted molar refractivity (Wildman–Crippen MR) is 101 cm³/mol. The van der Waals surface area contributed by atoms with Crippen molar-refractivity contribution in [1.82, 2.24) is 20.5 Å². The largest absolute Gasteiger partial charge is 0.350 e. The van der Waals surface area contributed by atoms with Crippen molar-refractivity contribution in [2.24, 2.45) is 0 Å². The molecule has 3 rings (SSSR count). The van der Waals surface area contributed by atoms with E-state index in [1.807, 2.05) is 0 Å². The first-order valence-electron chi connectivity index (χ1n) is 8.89. The minimum absolute atomic E-state index is 0.208. The number of amides is 4. The van der Waals surface area contributed by atoms with E-state index in [1.165, 1.54) is 29.3 Å². The number of fused-ring (bicyclic) bond motifs is 1. The van der Waals surface area contributed by atoms with E-state index in [0.717, 1.165) is 0 Å². The molecule has 0 aliphatic carbocycles. The van der Waals surface area contributed by atoms with E-state index in [-0.39, 0.29) is 42.1 Å². The fourth-order valence-corrected chi connectivity index (χ4v) is 2.91. The predicted octanol–water partition coefficient (Wildman–Crippen LogP) is 1.25. The zero-order valence-corrected chi connectivity index (χ0v) is 15.6. The third-order valence-electron chi connectivity index (χ3n) is 4.29. The van der Waals surface area contributed by atoms with Gasteiger partial charge in [-0.25, -0.2) is 0 Å². The summed E-state index contributed by atoms with van der Waals surface area (Å²) in [6.45, 7) is 3.95. The van der Waals surface area contributed by atoms with Crippen LogP contribution in [0.15, 0.2) is 42.6 Å². The van der Waals surface area contributed by atoms with Crippen LogP contribution < -0.4 is 10.6 Å². The Morgan fingerprint density at radius 3 is 2.29 bits per heavy atom. The van der Waals surface area contributed by atoms with Crippen molar-refractivity contribution in [2.75, 3.05) is 13.1 Å². The van der Waals surface area contributed by atoms with E-state index < -0.39 is 11.8 Å². The van der Waals surface area contributed by atoms with Gasteiger partial charge in [-0.15, -0.1) is 0 Å². The van der Waals surface area contributed by atoms with Crippen LogP contribution in [0, 0.1) is 0 Å². The van der Waals surface area contributed by atoms with Crippen molar-refractivity contribution >= 4 is 23.6 Å². The molecule has 0 saturated carbocycles. The number of nitrogens with zero attached hydrogens (tertiary/aromatic N) is 2. The molecule has 0 unspecified atom stereocenters. The SMILES string of the molecule is CC(C)N1C(=O)c2ccc(C(=O)NCCNC(=O)c3ccccn3)cc2C1=O. The molecule has 2 heterocycles. The quantitative estimate of drug-likeness (QED) is 0.579. The molecule has 0 spiro atoms. The van der Waals surface area contributed by atoms with Crippen LogP contribution in [0.3, 0.4) is 0 Å². The molecule has 2 N–H and O–H groups in total. The molecule has 0 radical (unpaired) electrons. The van der Waals surface area contributed by atoms with E-state index >= 15 is 0 Å². The van der Waals surface area contributed by atoms with Crippen LogP contribution in [0.25, 0.3) is 0 Å². The number of pyridine rings is 1. The van der Waals surface area contributed by atoms with Gasteiger partial charge in [-0.05, 0) is 44.2 Å². The number of rotatable bonds is 6. The highest BCUT2D eigenvalue weighted by Gasteiger charge is 2.37.